The van der Waals surface area contributed by atoms with Gasteiger partial charge in [-0.05, 0) is 78.9 Å². The van der Waals surface area contributed by atoms with E-state index in [0.29, 0.717) is 17.8 Å². The number of carbonyl (C=O) groups excluding carboxylic acids is 2. The molecule has 6 rings (SSSR count). The minimum Gasteiger partial charge on any atom is -0.349 e. The van der Waals surface area contributed by atoms with Crippen molar-refractivity contribution >= 4 is 11.8 Å². The Hall–Kier alpha value is -2.88. The van der Waals surface area contributed by atoms with Gasteiger partial charge in [-0.2, -0.15) is 0 Å². The molecule has 2 unspecified atom stereocenters. The Morgan fingerprint density at radius 2 is 1.56 bits per heavy atom. The van der Waals surface area contributed by atoms with Gasteiger partial charge in [-0.25, -0.2) is 0 Å². The van der Waals surface area contributed by atoms with Crippen LogP contribution in [-0.2, 0) is 9.59 Å². The third kappa shape index (κ3) is 3.72. The monoisotopic (exact) mass is 482 g/mol. The van der Waals surface area contributed by atoms with Crippen LogP contribution in [0.1, 0.15) is 69.5 Å². The van der Waals surface area contributed by atoms with Crippen LogP contribution in [0.5, 0.6) is 0 Å². The highest BCUT2D eigenvalue weighted by molar-refractivity contribution is 5.89. The lowest BCUT2D eigenvalue weighted by Crippen LogP contribution is -2.59. The van der Waals surface area contributed by atoms with E-state index in [1.165, 1.54) is 0 Å². The number of amides is 2. The molecule has 36 heavy (non-hydrogen) atoms. The molecule has 0 spiro atoms. The van der Waals surface area contributed by atoms with Gasteiger partial charge in [-0.15, -0.1) is 0 Å². The molecule has 4 heteroatoms. The Balaban J connectivity index is 1.24. The van der Waals surface area contributed by atoms with Gasteiger partial charge in [0.25, 0.3) is 0 Å². The largest absolute Gasteiger partial charge is 0.349 e. The molecule has 1 aliphatic heterocycles. The highest BCUT2D eigenvalue weighted by Crippen LogP contribution is 2.65. The predicted octanol–water partition coefficient (Wildman–Crippen LogP) is 5.81. The van der Waals surface area contributed by atoms with E-state index in [9.17, 15) is 9.59 Å². The SMILES string of the molecule is C[C@]12C=CC(=O)NC1CC[C@@H]1[C@H]2CC[C@]2(C)C(C(=O)NC(c3ccccc3)c3ccccc3)CC[C@@H]12. The van der Waals surface area contributed by atoms with Crippen molar-refractivity contribution in [1.82, 2.24) is 10.6 Å². The molecule has 3 aliphatic carbocycles. The minimum absolute atomic E-state index is 0.0320. The summed E-state index contributed by atoms with van der Waals surface area (Å²) in [5.74, 6) is 2.09. The number of nitrogens with one attached hydrogen (secondary N) is 2. The van der Waals surface area contributed by atoms with Crippen molar-refractivity contribution in [3.63, 3.8) is 0 Å². The van der Waals surface area contributed by atoms with Crippen LogP contribution in [0.3, 0.4) is 0 Å². The van der Waals surface area contributed by atoms with E-state index < -0.39 is 0 Å². The molecule has 3 fully saturated rings. The summed E-state index contributed by atoms with van der Waals surface area (Å²) in [4.78, 5) is 26.0. The van der Waals surface area contributed by atoms with Crippen molar-refractivity contribution in [3.8, 4) is 0 Å². The maximum atomic E-state index is 14.0. The van der Waals surface area contributed by atoms with E-state index in [-0.39, 0.29) is 40.6 Å². The second-order valence-electron chi connectivity index (χ2n) is 12.2. The molecule has 7 atom stereocenters. The first-order chi connectivity index (χ1) is 17.4. The van der Waals surface area contributed by atoms with Gasteiger partial charge in [0.05, 0.1) is 6.04 Å². The highest BCUT2D eigenvalue weighted by atomic mass is 16.2. The van der Waals surface area contributed by atoms with E-state index in [0.717, 1.165) is 49.7 Å². The van der Waals surface area contributed by atoms with E-state index in [1.54, 1.807) is 6.08 Å². The van der Waals surface area contributed by atoms with Crippen molar-refractivity contribution in [2.45, 2.75) is 64.5 Å². The van der Waals surface area contributed by atoms with Crippen molar-refractivity contribution in [2.75, 3.05) is 0 Å². The summed E-state index contributed by atoms with van der Waals surface area (Å²) >= 11 is 0. The van der Waals surface area contributed by atoms with Crippen LogP contribution in [0.4, 0.5) is 0 Å². The van der Waals surface area contributed by atoms with Gasteiger partial charge in [0.1, 0.15) is 0 Å². The van der Waals surface area contributed by atoms with Gasteiger partial charge in [0, 0.05) is 17.4 Å². The number of hydrogen-bond acceptors (Lipinski definition) is 2. The Morgan fingerprint density at radius 3 is 2.22 bits per heavy atom. The summed E-state index contributed by atoms with van der Waals surface area (Å²) in [5.41, 5.74) is 2.31. The van der Waals surface area contributed by atoms with Gasteiger partial charge >= 0.3 is 0 Å². The van der Waals surface area contributed by atoms with Crippen molar-refractivity contribution in [1.29, 1.82) is 0 Å². The second kappa shape index (κ2) is 8.90. The molecular weight excluding hydrogens is 444 g/mol. The third-order valence-electron chi connectivity index (χ3n) is 10.6. The topological polar surface area (TPSA) is 58.2 Å². The molecule has 0 aromatic heterocycles. The Kier molecular flexibility index (Phi) is 5.81. The minimum atomic E-state index is -0.135. The molecular formula is C32H38N2O2. The van der Waals surface area contributed by atoms with E-state index in [1.807, 2.05) is 36.4 Å². The molecule has 188 valence electrons. The lowest BCUT2D eigenvalue weighted by atomic mass is 9.48. The molecule has 4 aliphatic rings. The molecule has 1 heterocycles. The quantitative estimate of drug-likeness (QED) is 0.578. The first-order valence-electron chi connectivity index (χ1n) is 13.8. The van der Waals surface area contributed by atoms with Gasteiger partial charge in [-0.3, -0.25) is 9.59 Å². The van der Waals surface area contributed by atoms with Crippen LogP contribution < -0.4 is 10.6 Å². The lowest BCUT2D eigenvalue weighted by molar-refractivity contribution is -0.134. The maximum Gasteiger partial charge on any atom is 0.243 e. The molecule has 0 saturated heterocycles. The van der Waals surface area contributed by atoms with Gasteiger partial charge in [0.15, 0.2) is 0 Å². The van der Waals surface area contributed by atoms with Crippen molar-refractivity contribution in [3.05, 3.63) is 83.9 Å². The second-order valence-corrected chi connectivity index (χ2v) is 12.2. The summed E-state index contributed by atoms with van der Waals surface area (Å²) < 4.78 is 0. The Bertz CT molecular complexity index is 1120. The number of benzene rings is 2. The average Bonchev–Trinajstić information content (AvgIpc) is 3.26. The van der Waals surface area contributed by atoms with Gasteiger partial charge in [0.2, 0.25) is 11.8 Å². The number of rotatable bonds is 4. The number of fused-ring (bicyclic) bond motifs is 5. The molecule has 0 radical (unpaired) electrons. The maximum absolute atomic E-state index is 14.0. The summed E-state index contributed by atoms with van der Waals surface area (Å²) in [6.07, 6.45) is 10.5. The van der Waals surface area contributed by atoms with Gasteiger partial charge in [-0.1, -0.05) is 80.6 Å². The van der Waals surface area contributed by atoms with E-state index in [4.69, 9.17) is 0 Å². The van der Waals surface area contributed by atoms with E-state index in [2.05, 4.69) is 54.8 Å². The number of carbonyl (C=O) groups is 2. The zero-order chi connectivity index (χ0) is 24.9. The summed E-state index contributed by atoms with van der Waals surface area (Å²) in [6.45, 7) is 4.76. The van der Waals surface area contributed by atoms with Crippen LogP contribution in [0.2, 0.25) is 0 Å². The molecule has 2 aromatic rings. The first-order valence-corrected chi connectivity index (χ1v) is 13.8. The summed E-state index contributed by atoms with van der Waals surface area (Å²) in [7, 11) is 0. The molecule has 0 bridgehead atoms. The highest BCUT2D eigenvalue weighted by Gasteiger charge is 2.60. The zero-order valence-electron chi connectivity index (χ0n) is 21.5. The summed E-state index contributed by atoms with van der Waals surface area (Å²) in [5, 5.41) is 6.73. The molecule has 2 amide bonds. The van der Waals surface area contributed by atoms with Crippen molar-refractivity contribution in [2.24, 2.45) is 34.5 Å². The summed E-state index contributed by atoms with van der Waals surface area (Å²) in [6, 6.07) is 20.8. The average molecular weight is 483 g/mol. The Labute approximate surface area is 214 Å². The third-order valence-corrected chi connectivity index (χ3v) is 10.6. The first kappa shape index (κ1) is 23.5. The fourth-order valence-corrected chi connectivity index (χ4v) is 8.66. The molecule has 3 saturated carbocycles. The predicted molar refractivity (Wildman–Crippen MR) is 142 cm³/mol. The van der Waals surface area contributed by atoms with Crippen LogP contribution >= 0.6 is 0 Å². The Morgan fingerprint density at radius 1 is 0.889 bits per heavy atom. The van der Waals surface area contributed by atoms with Gasteiger partial charge < -0.3 is 10.6 Å². The van der Waals surface area contributed by atoms with Crippen LogP contribution in [0.25, 0.3) is 0 Å². The van der Waals surface area contributed by atoms with Crippen LogP contribution in [-0.4, -0.2) is 17.9 Å². The zero-order valence-corrected chi connectivity index (χ0v) is 21.5. The molecule has 2 N–H and O–H groups in total. The molecule has 4 nitrogen and oxygen atoms in total. The standard InChI is InChI=1S/C32H38N2O2/c1-31-19-17-25-23(13-16-27-32(25,2)20-18-28(35)33-27)24(31)14-15-26(31)30(36)34-29(21-9-5-3-6-10-21)22-11-7-4-8-12-22/h3-12,18,20,23-27,29H,13-17,19H2,1-2H3,(H,33,35)(H,34,36)/t23-,24-,25+,26?,27?,31-,32+/m0/s1. The lowest BCUT2D eigenvalue weighted by Gasteiger charge is -2.58. The van der Waals surface area contributed by atoms with Crippen LogP contribution in [0, 0.1) is 34.5 Å². The smallest absolute Gasteiger partial charge is 0.243 e. The van der Waals surface area contributed by atoms with Crippen molar-refractivity contribution < 1.29 is 9.59 Å². The van der Waals surface area contributed by atoms with E-state index >= 15 is 0 Å². The molecule has 2 aromatic carbocycles. The fraction of sp³-hybridized carbons (Fsp3) is 0.500. The fourth-order valence-electron chi connectivity index (χ4n) is 8.66. The van der Waals surface area contributed by atoms with Crippen LogP contribution in [0.15, 0.2) is 72.8 Å². The normalized spacial score (nSPS) is 37.0. The number of hydrogen-bond donors (Lipinski definition) is 2.